The third-order valence-corrected chi connectivity index (χ3v) is 3.24. The summed E-state index contributed by atoms with van der Waals surface area (Å²) in [6.07, 6.45) is 3.92. The van der Waals surface area contributed by atoms with Gasteiger partial charge in [0.25, 0.3) is 0 Å². The summed E-state index contributed by atoms with van der Waals surface area (Å²) in [4.78, 5) is 0. The molecule has 0 spiro atoms. The molecule has 0 saturated carbocycles. The summed E-state index contributed by atoms with van der Waals surface area (Å²) >= 11 is 12.1. The predicted molar refractivity (Wildman–Crippen MR) is 85.3 cm³/mol. The van der Waals surface area contributed by atoms with E-state index in [1.165, 1.54) is 0 Å². The fourth-order valence-electron chi connectivity index (χ4n) is 1.81. The molecule has 104 valence electrons. The van der Waals surface area contributed by atoms with Crippen LogP contribution in [0.3, 0.4) is 0 Å². The van der Waals surface area contributed by atoms with E-state index in [0.717, 1.165) is 11.1 Å². The molecule has 0 aliphatic rings. The first-order valence-electron chi connectivity index (χ1n) is 6.23. The maximum absolute atomic E-state index is 6.12. The SMILES string of the molecule is NCc1cc(Cl)cc(Cl)c1OC/C=C/c1ccccc1. The molecule has 0 heterocycles. The molecule has 0 amide bonds. The first-order valence-corrected chi connectivity index (χ1v) is 6.98. The molecule has 2 nitrogen and oxygen atoms in total. The molecule has 0 unspecified atom stereocenters. The van der Waals surface area contributed by atoms with Crippen LogP contribution in [0.15, 0.2) is 48.5 Å². The molecule has 0 saturated heterocycles. The normalized spacial score (nSPS) is 10.9. The van der Waals surface area contributed by atoms with Gasteiger partial charge in [-0.1, -0.05) is 59.6 Å². The van der Waals surface area contributed by atoms with Crippen LogP contribution in [0.5, 0.6) is 5.75 Å². The molecule has 0 fully saturated rings. The topological polar surface area (TPSA) is 35.2 Å². The fourth-order valence-corrected chi connectivity index (χ4v) is 2.40. The van der Waals surface area contributed by atoms with Crippen LogP contribution in [0.2, 0.25) is 10.0 Å². The van der Waals surface area contributed by atoms with Gasteiger partial charge in [0.2, 0.25) is 0 Å². The largest absolute Gasteiger partial charge is 0.488 e. The van der Waals surface area contributed by atoms with E-state index in [9.17, 15) is 0 Å². The number of halogens is 2. The maximum Gasteiger partial charge on any atom is 0.142 e. The zero-order chi connectivity index (χ0) is 14.4. The summed E-state index contributed by atoms with van der Waals surface area (Å²) < 4.78 is 5.68. The Labute approximate surface area is 128 Å². The Hall–Kier alpha value is -1.48. The minimum atomic E-state index is 0.331. The van der Waals surface area contributed by atoms with Gasteiger partial charge in [0, 0.05) is 17.1 Å². The van der Waals surface area contributed by atoms with Gasteiger partial charge in [-0.3, -0.25) is 0 Å². The zero-order valence-electron chi connectivity index (χ0n) is 10.9. The summed E-state index contributed by atoms with van der Waals surface area (Å²) in [5.74, 6) is 0.594. The molecule has 0 atom stereocenters. The number of hydrogen-bond donors (Lipinski definition) is 1. The lowest BCUT2D eigenvalue weighted by Crippen LogP contribution is -2.03. The number of rotatable bonds is 5. The van der Waals surface area contributed by atoms with Crippen molar-refractivity contribution < 1.29 is 4.74 Å². The summed E-state index contributed by atoms with van der Waals surface area (Å²) in [5.41, 5.74) is 7.59. The molecular formula is C16H15Cl2NO. The minimum Gasteiger partial charge on any atom is -0.488 e. The Balaban J connectivity index is 2.03. The third-order valence-electron chi connectivity index (χ3n) is 2.74. The van der Waals surface area contributed by atoms with E-state index in [0.29, 0.717) is 28.9 Å². The van der Waals surface area contributed by atoms with E-state index in [2.05, 4.69) is 0 Å². The van der Waals surface area contributed by atoms with Crippen molar-refractivity contribution in [1.29, 1.82) is 0 Å². The van der Waals surface area contributed by atoms with Crippen LogP contribution in [0, 0.1) is 0 Å². The lowest BCUT2D eigenvalue weighted by Gasteiger charge is -2.11. The van der Waals surface area contributed by atoms with Gasteiger partial charge in [0.05, 0.1) is 5.02 Å². The van der Waals surface area contributed by atoms with Gasteiger partial charge in [-0.25, -0.2) is 0 Å². The Morgan fingerprint density at radius 3 is 2.55 bits per heavy atom. The molecule has 0 bridgehead atoms. The molecule has 2 aromatic rings. The Morgan fingerprint density at radius 2 is 1.85 bits per heavy atom. The molecule has 2 rings (SSSR count). The molecule has 0 aliphatic heterocycles. The van der Waals surface area contributed by atoms with Gasteiger partial charge in [-0.2, -0.15) is 0 Å². The van der Waals surface area contributed by atoms with Crippen molar-refractivity contribution in [3.63, 3.8) is 0 Å². The van der Waals surface area contributed by atoms with Crippen molar-refractivity contribution in [1.82, 2.24) is 0 Å². The average molecular weight is 308 g/mol. The van der Waals surface area contributed by atoms with E-state index < -0.39 is 0 Å². The monoisotopic (exact) mass is 307 g/mol. The minimum absolute atomic E-state index is 0.331. The first-order chi connectivity index (χ1) is 9.70. The summed E-state index contributed by atoms with van der Waals surface area (Å²) in [6.45, 7) is 0.751. The Bertz CT molecular complexity index is 597. The van der Waals surface area contributed by atoms with E-state index in [4.69, 9.17) is 33.7 Å². The van der Waals surface area contributed by atoms with Gasteiger partial charge in [0.15, 0.2) is 0 Å². The molecule has 0 aliphatic carbocycles. The molecule has 0 radical (unpaired) electrons. The number of benzene rings is 2. The van der Waals surface area contributed by atoms with Gasteiger partial charge in [-0.15, -0.1) is 0 Å². The third kappa shape index (κ3) is 4.01. The standard InChI is InChI=1S/C16H15Cl2NO/c17-14-9-13(11-19)16(15(18)10-14)20-8-4-7-12-5-2-1-3-6-12/h1-7,9-10H,8,11,19H2/b7-4+. The fraction of sp³-hybridized carbons (Fsp3) is 0.125. The number of ether oxygens (including phenoxy) is 1. The van der Waals surface area contributed by atoms with E-state index >= 15 is 0 Å². The van der Waals surface area contributed by atoms with Crippen LogP contribution in [-0.2, 0) is 6.54 Å². The van der Waals surface area contributed by atoms with Crippen molar-refractivity contribution in [2.24, 2.45) is 5.73 Å². The van der Waals surface area contributed by atoms with Crippen molar-refractivity contribution >= 4 is 29.3 Å². The van der Waals surface area contributed by atoms with Crippen molar-refractivity contribution in [2.75, 3.05) is 6.61 Å². The van der Waals surface area contributed by atoms with Crippen LogP contribution in [-0.4, -0.2) is 6.61 Å². The van der Waals surface area contributed by atoms with E-state index in [1.54, 1.807) is 12.1 Å². The smallest absolute Gasteiger partial charge is 0.142 e. The highest BCUT2D eigenvalue weighted by atomic mass is 35.5. The lowest BCUT2D eigenvalue weighted by molar-refractivity contribution is 0.360. The quantitative estimate of drug-likeness (QED) is 0.880. The van der Waals surface area contributed by atoms with Crippen LogP contribution in [0.1, 0.15) is 11.1 Å². The average Bonchev–Trinajstić information content (AvgIpc) is 2.45. The summed E-state index contributed by atoms with van der Waals surface area (Å²) in [5, 5.41) is 1.04. The van der Waals surface area contributed by atoms with Crippen LogP contribution < -0.4 is 10.5 Å². The molecule has 2 N–H and O–H groups in total. The lowest BCUT2D eigenvalue weighted by atomic mass is 10.2. The Morgan fingerprint density at radius 1 is 1.10 bits per heavy atom. The maximum atomic E-state index is 6.12. The zero-order valence-corrected chi connectivity index (χ0v) is 12.4. The van der Waals surface area contributed by atoms with Gasteiger partial charge >= 0.3 is 0 Å². The molecule has 4 heteroatoms. The van der Waals surface area contributed by atoms with Gasteiger partial charge in [0.1, 0.15) is 12.4 Å². The van der Waals surface area contributed by atoms with Gasteiger partial charge in [-0.05, 0) is 23.8 Å². The molecule has 0 aromatic heterocycles. The summed E-state index contributed by atoms with van der Waals surface area (Å²) in [6, 6.07) is 13.4. The molecule has 20 heavy (non-hydrogen) atoms. The van der Waals surface area contributed by atoms with Gasteiger partial charge < -0.3 is 10.5 Å². The van der Waals surface area contributed by atoms with E-state index in [-0.39, 0.29) is 0 Å². The van der Waals surface area contributed by atoms with Crippen LogP contribution in [0.4, 0.5) is 0 Å². The molecular weight excluding hydrogens is 293 g/mol. The number of nitrogens with two attached hydrogens (primary N) is 1. The second-order valence-corrected chi connectivity index (χ2v) is 5.05. The molecule has 2 aromatic carbocycles. The predicted octanol–water partition coefficient (Wildman–Crippen LogP) is 4.54. The first kappa shape index (κ1) is 14.9. The highest BCUT2D eigenvalue weighted by Crippen LogP contribution is 2.32. The number of hydrogen-bond acceptors (Lipinski definition) is 2. The van der Waals surface area contributed by atoms with Crippen LogP contribution in [0.25, 0.3) is 6.08 Å². The van der Waals surface area contributed by atoms with E-state index in [1.807, 2.05) is 42.5 Å². The van der Waals surface area contributed by atoms with Crippen molar-refractivity contribution in [2.45, 2.75) is 6.54 Å². The highest BCUT2D eigenvalue weighted by molar-refractivity contribution is 6.35. The van der Waals surface area contributed by atoms with Crippen molar-refractivity contribution in [3.8, 4) is 5.75 Å². The second-order valence-electron chi connectivity index (χ2n) is 4.20. The Kier molecular flexibility index (Phi) is 5.48. The van der Waals surface area contributed by atoms with Crippen LogP contribution >= 0.6 is 23.2 Å². The summed E-state index contributed by atoms with van der Waals surface area (Å²) in [7, 11) is 0. The highest BCUT2D eigenvalue weighted by Gasteiger charge is 2.08. The second kappa shape index (κ2) is 7.34. The van der Waals surface area contributed by atoms with Crippen molar-refractivity contribution in [3.05, 3.63) is 69.7 Å².